The van der Waals surface area contributed by atoms with Crippen molar-refractivity contribution in [2.24, 2.45) is 0 Å². The van der Waals surface area contributed by atoms with E-state index < -0.39 is 0 Å². The summed E-state index contributed by atoms with van der Waals surface area (Å²) in [5.74, 6) is 1.54. The number of imidazole rings is 1. The maximum absolute atomic E-state index is 6.24. The van der Waals surface area contributed by atoms with E-state index >= 15 is 0 Å². The van der Waals surface area contributed by atoms with Crippen molar-refractivity contribution in [1.82, 2.24) is 24.3 Å². The van der Waals surface area contributed by atoms with Crippen LogP contribution in [0.2, 0.25) is 0 Å². The van der Waals surface area contributed by atoms with E-state index in [0.29, 0.717) is 0 Å². The van der Waals surface area contributed by atoms with Crippen LogP contribution in [-0.4, -0.2) is 37.5 Å². The van der Waals surface area contributed by atoms with Crippen LogP contribution in [0.4, 0.5) is 0 Å². The van der Waals surface area contributed by atoms with Gasteiger partial charge in [0.05, 0.1) is 35.6 Å². The predicted octanol–water partition coefficient (Wildman–Crippen LogP) is 3.94. The van der Waals surface area contributed by atoms with E-state index in [1.165, 1.54) is 19.2 Å². The molecular formula is C21H21N5O2. The van der Waals surface area contributed by atoms with Gasteiger partial charge < -0.3 is 9.47 Å². The van der Waals surface area contributed by atoms with Gasteiger partial charge in [0.15, 0.2) is 11.5 Å². The minimum atomic E-state index is 0.272. The Morgan fingerprint density at radius 1 is 0.964 bits per heavy atom. The molecule has 7 heteroatoms. The SMILES string of the molecule is COc1ccc(-n2cnc3cc(-n4cncn4)ccc32)cc1OC1CCCC1. The minimum absolute atomic E-state index is 0.272. The molecule has 0 radical (unpaired) electrons. The minimum Gasteiger partial charge on any atom is -0.493 e. The summed E-state index contributed by atoms with van der Waals surface area (Å²) in [7, 11) is 1.68. The lowest BCUT2D eigenvalue weighted by molar-refractivity contribution is 0.201. The van der Waals surface area contributed by atoms with Crippen LogP contribution in [0.1, 0.15) is 25.7 Å². The average Bonchev–Trinajstić information content (AvgIpc) is 3.48. The van der Waals surface area contributed by atoms with Gasteiger partial charge in [0.1, 0.15) is 19.0 Å². The van der Waals surface area contributed by atoms with Crippen LogP contribution in [0, 0.1) is 0 Å². The Kier molecular flexibility index (Phi) is 4.20. The van der Waals surface area contributed by atoms with Crippen molar-refractivity contribution >= 4 is 11.0 Å². The Hall–Kier alpha value is -3.35. The summed E-state index contributed by atoms with van der Waals surface area (Å²) in [6.07, 6.45) is 9.96. The zero-order valence-electron chi connectivity index (χ0n) is 15.7. The highest BCUT2D eigenvalue weighted by Crippen LogP contribution is 2.34. The molecule has 0 atom stereocenters. The molecule has 7 nitrogen and oxygen atoms in total. The highest BCUT2D eigenvalue weighted by atomic mass is 16.5. The maximum Gasteiger partial charge on any atom is 0.163 e. The van der Waals surface area contributed by atoms with Crippen LogP contribution in [0.3, 0.4) is 0 Å². The zero-order chi connectivity index (χ0) is 18.9. The second kappa shape index (κ2) is 6.99. The summed E-state index contributed by atoms with van der Waals surface area (Å²) >= 11 is 0. The highest BCUT2D eigenvalue weighted by molar-refractivity contribution is 5.79. The summed E-state index contributed by atoms with van der Waals surface area (Å²) in [6.45, 7) is 0. The van der Waals surface area contributed by atoms with Gasteiger partial charge in [-0.25, -0.2) is 14.6 Å². The second-order valence-electron chi connectivity index (χ2n) is 6.99. The lowest BCUT2D eigenvalue weighted by Crippen LogP contribution is -2.11. The number of rotatable bonds is 5. The van der Waals surface area contributed by atoms with Gasteiger partial charge in [-0.3, -0.25) is 4.57 Å². The molecule has 0 unspecified atom stereocenters. The molecule has 2 heterocycles. The standard InChI is InChI=1S/C21H21N5O2/c1-27-20-9-7-15(11-21(20)28-17-4-2-3-5-17)25-14-23-18-10-16(6-8-19(18)25)26-13-22-12-24-26/h6-14,17H,2-5H2,1H3. The van der Waals surface area contributed by atoms with Gasteiger partial charge in [-0.2, -0.15) is 5.10 Å². The molecule has 5 rings (SSSR count). The first-order valence-corrected chi connectivity index (χ1v) is 9.49. The number of aromatic nitrogens is 5. The molecule has 1 aliphatic carbocycles. The summed E-state index contributed by atoms with van der Waals surface area (Å²) in [6, 6.07) is 12.1. The largest absolute Gasteiger partial charge is 0.493 e. The summed E-state index contributed by atoms with van der Waals surface area (Å²) in [4.78, 5) is 8.57. The first kappa shape index (κ1) is 16.8. The van der Waals surface area contributed by atoms with Crippen LogP contribution in [-0.2, 0) is 0 Å². The Labute approximate surface area is 162 Å². The Bertz CT molecular complexity index is 1100. The molecule has 0 amide bonds. The molecule has 0 aliphatic heterocycles. The average molecular weight is 375 g/mol. The third kappa shape index (κ3) is 2.98. The van der Waals surface area contributed by atoms with Crippen LogP contribution < -0.4 is 9.47 Å². The number of hydrogen-bond donors (Lipinski definition) is 0. The van der Waals surface area contributed by atoms with E-state index in [1.807, 2.05) is 42.7 Å². The van der Waals surface area contributed by atoms with Crippen LogP contribution in [0.15, 0.2) is 55.4 Å². The van der Waals surface area contributed by atoms with Gasteiger partial charge in [0.25, 0.3) is 0 Å². The van der Waals surface area contributed by atoms with Crippen molar-refractivity contribution in [3.63, 3.8) is 0 Å². The molecule has 0 bridgehead atoms. The second-order valence-corrected chi connectivity index (χ2v) is 6.99. The quantitative estimate of drug-likeness (QED) is 0.529. The van der Waals surface area contributed by atoms with E-state index in [0.717, 1.165) is 46.7 Å². The molecule has 4 aromatic rings. The molecule has 0 saturated heterocycles. The summed E-state index contributed by atoms with van der Waals surface area (Å²) in [5.41, 5.74) is 3.82. The zero-order valence-corrected chi connectivity index (χ0v) is 15.7. The Morgan fingerprint density at radius 2 is 1.82 bits per heavy atom. The molecule has 1 fully saturated rings. The van der Waals surface area contributed by atoms with Crippen molar-refractivity contribution in [3.05, 3.63) is 55.4 Å². The Balaban J connectivity index is 1.52. The normalized spacial score (nSPS) is 14.6. The van der Waals surface area contributed by atoms with Crippen molar-refractivity contribution in [2.75, 3.05) is 7.11 Å². The van der Waals surface area contributed by atoms with Crippen LogP contribution in [0.5, 0.6) is 11.5 Å². The monoisotopic (exact) mass is 375 g/mol. The molecule has 1 aliphatic rings. The van der Waals surface area contributed by atoms with Crippen molar-refractivity contribution in [2.45, 2.75) is 31.8 Å². The van der Waals surface area contributed by atoms with Crippen molar-refractivity contribution in [1.29, 1.82) is 0 Å². The van der Waals surface area contributed by atoms with E-state index in [4.69, 9.17) is 9.47 Å². The molecule has 0 N–H and O–H groups in total. The fourth-order valence-electron chi connectivity index (χ4n) is 3.78. The van der Waals surface area contributed by atoms with Crippen molar-refractivity contribution in [3.8, 4) is 22.9 Å². The van der Waals surface area contributed by atoms with Gasteiger partial charge in [0, 0.05) is 6.07 Å². The molecule has 28 heavy (non-hydrogen) atoms. The molecule has 2 aromatic heterocycles. The van der Waals surface area contributed by atoms with E-state index in [2.05, 4.69) is 19.6 Å². The number of ether oxygens (including phenoxy) is 2. The third-order valence-electron chi connectivity index (χ3n) is 5.24. The summed E-state index contributed by atoms with van der Waals surface area (Å²) in [5, 5.41) is 4.18. The van der Waals surface area contributed by atoms with Crippen LogP contribution in [0.25, 0.3) is 22.4 Å². The van der Waals surface area contributed by atoms with Gasteiger partial charge in [-0.05, 0) is 56.0 Å². The molecule has 142 valence electrons. The first-order valence-electron chi connectivity index (χ1n) is 9.49. The first-order chi connectivity index (χ1) is 13.8. The lowest BCUT2D eigenvalue weighted by Gasteiger charge is -2.17. The predicted molar refractivity (Wildman–Crippen MR) is 105 cm³/mol. The summed E-state index contributed by atoms with van der Waals surface area (Å²) < 4.78 is 15.5. The maximum atomic E-state index is 6.24. The highest BCUT2D eigenvalue weighted by Gasteiger charge is 2.19. The topological polar surface area (TPSA) is 67.0 Å². The fourth-order valence-corrected chi connectivity index (χ4v) is 3.78. The van der Waals surface area contributed by atoms with E-state index in [-0.39, 0.29) is 6.10 Å². The number of benzene rings is 2. The molecular weight excluding hydrogens is 354 g/mol. The Morgan fingerprint density at radius 3 is 2.61 bits per heavy atom. The fraction of sp³-hybridized carbons (Fsp3) is 0.286. The number of hydrogen-bond acceptors (Lipinski definition) is 5. The van der Waals surface area contributed by atoms with Gasteiger partial charge in [-0.1, -0.05) is 0 Å². The molecule has 0 spiro atoms. The van der Waals surface area contributed by atoms with Gasteiger partial charge in [-0.15, -0.1) is 0 Å². The number of nitrogens with zero attached hydrogens (tertiary/aromatic N) is 5. The third-order valence-corrected chi connectivity index (χ3v) is 5.24. The smallest absolute Gasteiger partial charge is 0.163 e. The number of fused-ring (bicyclic) bond motifs is 1. The van der Waals surface area contributed by atoms with Gasteiger partial charge >= 0.3 is 0 Å². The number of methoxy groups -OCH3 is 1. The van der Waals surface area contributed by atoms with Crippen LogP contribution >= 0.6 is 0 Å². The van der Waals surface area contributed by atoms with E-state index in [1.54, 1.807) is 18.1 Å². The molecule has 1 saturated carbocycles. The van der Waals surface area contributed by atoms with E-state index in [9.17, 15) is 0 Å². The van der Waals surface area contributed by atoms with Gasteiger partial charge in [0.2, 0.25) is 0 Å². The molecule has 2 aromatic carbocycles. The lowest BCUT2D eigenvalue weighted by atomic mass is 10.2. The van der Waals surface area contributed by atoms with Crippen molar-refractivity contribution < 1.29 is 9.47 Å².